The van der Waals surface area contributed by atoms with Crippen molar-refractivity contribution in [2.75, 3.05) is 6.54 Å². The van der Waals surface area contributed by atoms with E-state index >= 15 is 0 Å². The minimum absolute atomic E-state index is 0.132. The van der Waals surface area contributed by atoms with Crippen LogP contribution in [0.2, 0.25) is 0 Å². The van der Waals surface area contributed by atoms with Crippen molar-refractivity contribution in [3.8, 4) is 0 Å². The van der Waals surface area contributed by atoms with Crippen LogP contribution in [0, 0.1) is 0 Å². The number of carbonyl (C=O) groups is 3. The van der Waals surface area contributed by atoms with E-state index in [1.54, 1.807) is 20.8 Å². The van der Waals surface area contributed by atoms with Gasteiger partial charge in [-0.05, 0) is 25.7 Å². The summed E-state index contributed by atoms with van der Waals surface area (Å²) >= 11 is 0. The van der Waals surface area contributed by atoms with Crippen molar-refractivity contribution in [1.29, 1.82) is 0 Å². The smallest absolute Gasteiger partial charge is 0.362 e. The van der Waals surface area contributed by atoms with E-state index in [2.05, 4.69) is 6.58 Å². The molecule has 0 rings (SSSR count). The molecule has 240 valence electrons. The zero-order chi connectivity index (χ0) is 30.9. The Kier molecular flexibility index (Phi) is 23.5. The molecule has 0 aliphatic heterocycles. The Balaban J connectivity index is 4.38. The van der Waals surface area contributed by atoms with Gasteiger partial charge in [0.05, 0.1) is 12.5 Å². The van der Waals surface area contributed by atoms with E-state index in [9.17, 15) is 29.7 Å². The predicted octanol–water partition coefficient (Wildman–Crippen LogP) is 7.66. The number of allylic oxidation sites excluding steroid dienone is 1. The van der Waals surface area contributed by atoms with E-state index in [1.165, 1.54) is 89.9 Å². The summed E-state index contributed by atoms with van der Waals surface area (Å²) < 4.78 is -0.466. The van der Waals surface area contributed by atoms with E-state index in [0.29, 0.717) is 6.42 Å². The minimum atomic E-state index is -1.36. The van der Waals surface area contributed by atoms with Gasteiger partial charge < -0.3 is 20.1 Å². The number of aliphatic carboxylic acids is 3. The summed E-state index contributed by atoms with van der Waals surface area (Å²) in [6.45, 7) is 9.05. The Hall–Kier alpha value is -1.89. The molecule has 0 radical (unpaired) electrons. The van der Waals surface area contributed by atoms with E-state index in [1.807, 2.05) is 6.08 Å². The molecule has 7 nitrogen and oxygen atoms in total. The van der Waals surface area contributed by atoms with Gasteiger partial charge in [0, 0.05) is 19.3 Å². The molecule has 0 saturated heterocycles. The lowest BCUT2D eigenvalue weighted by Gasteiger charge is -2.51. The molecular formula is C34H63NO6. The molecule has 0 amide bonds. The van der Waals surface area contributed by atoms with Gasteiger partial charge in [0.2, 0.25) is 0 Å². The molecular weight excluding hydrogens is 518 g/mol. The second-order valence-electron chi connectivity index (χ2n) is 11.9. The maximum absolute atomic E-state index is 12.2. The summed E-state index contributed by atoms with van der Waals surface area (Å²) in [5, 5.41) is 32.2. The van der Waals surface area contributed by atoms with E-state index in [-0.39, 0.29) is 25.8 Å². The molecule has 3 atom stereocenters. The number of hydrogen-bond acceptors (Lipinski definition) is 4. The standard InChI is InChI=1S/C34H63NO6/c1-5-9-10-11-12-13-14-15-16-17-18-19-20-21-22-23-24-25-26-27-28-35(29(6-2)32(36)37,30(7-3)33(38)39)31(8-4)34(40)41/h5,29-31H,1,6-28H2,2-4H3,(H2-,36,37,38,39,40,41). The Bertz CT molecular complexity index is 654. The van der Waals surface area contributed by atoms with Gasteiger partial charge in [-0.2, -0.15) is 0 Å². The lowest BCUT2D eigenvalue weighted by Crippen LogP contribution is -2.73. The molecule has 0 aliphatic carbocycles. The van der Waals surface area contributed by atoms with Gasteiger partial charge in [0.25, 0.3) is 0 Å². The van der Waals surface area contributed by atoms with Gasteiger partial charge in [0.15, 0.2) is 12.1 Å². The minimum Gasteiger partial charge on any atom is -0.544 e. The third-order valence-corrected chi connectivity index (χ3v) is 8.95. The number of hydrogen-bond donors (Lipinski definition) is 2. The van der Waals surface area contributed by atoms with Crippen molar-refractivity contribution >= 4 is 17.9 Å². The first-order chi connectivity index (χ1) is 19.7. The summed E-state index contributed by atoms with van der Waals surface area (Å²) in [6, 6.07) is -3.37. The highest BCUT2D eigenvalue weighted by Crippen LogP contribution is 2.32. The molecule has 3 unspecified atom stereocenters. The van der Waals surface area contributed by atoms with E-state index < -0.39 is 40.5 Å². The zero-order valence-corrected chi connectivity index (χ0v) is 26.8. The molecule has 0 heterocycles. The van der Waals surface area contributed by atoms with Crippen molar-refractivity contribution in [2.45, 2.75) is 180 Å². The van der Waals surface area contributed by atoms with Crippen molar-refractivity contribution in [3.63, 3.8) is 0 Å². The maximum atomic E-state index is 12.2. The Morgan fingerprint density at radius 3 is 1.12 bits per heavy atom. The molecule has 0 aromatic heterocycles. The van der Waals surface area contributed by atoms with Crippen molar-refractivity contribution in [3.05, 3.63) is 12.7 Å². The molecule has 0 aliphatic rings. The van der Waals surface area contributed by atoms with Crippen LogP contribution in [-0.2, 0) is 14.4 Å². The number of unbranched alkanes of at least 4 members (excludes halogenated alkanes) is 18. The van der Waals surface area contributed by atoms with Crippen LogP contribution in [0.15, 0.2) is 12.7 Å². The molecule has 41 heavy (non-hydrogen) atoms. The number of nitrogens with zero attached hydrogens (tertiary/aromatic N) is 1. The lowest BCUT2D eigenvalue weighted by atomic mass is 9.93. The van der Waals surface area contributed by atoms with Gasteiger partial charge in [-0.25, -0.2) is 9.59 Å². The van der Waals surface area contributed by atoms with Crippen LogP contribution in [0.1, 0.15) is 162 Å². The van der Waals surface area contributed by atoms with Crippen LogP contribution in [-0.4, -0.2) is 57.3 Å². The quantitative estimate of drug-likeness (QED) is 0.0511. The van der Waals surface area contributed by atoms with E-state index in [4.69, 9.17) is 0 Å². The first-order valence-electron chi connectivity index (χ1n) is 16.9. The number of carbonyl (C=O) groups excluding carboxylic acids is 1. The van der Waals surface area contributed by atoms with Crippen molar-refractivity contribution < 1.29 is 34.2 Å². The molecule has 0 aromatic rings. The second-order valence-corrected chi connectivity index (χ2v) is 11.9. The normalized spacial score (nSPS) is 15.1. The fourth-order valence-corrected chi connectivity index (χ4v) is 6.77. The number of quaternary nitrogens is 1. The van der Waals surface area contributed by atoms with Crippen LogP contribution >= 0.6 is 0 Å². The second kappa shape index (κ2) is 24.7. The van der Waals surface area contributed by atoms with Crippen molar-refractivity contribution in [2.24, 2.45) is 0 Å². The molecule has 0 fully saturated rings. The average molecular weight is 582 g/mol. The van der Waals surface area contributed by atoms with Gasteiger partial charge in [-0.15, -0.1) is 6.58 Å². The highest BCUT2D eigenvalue weighted by molar-refractivity contribution is 5.77. The van der Waals surface area contributed by atoms with Gasteiger partial charge in [-0.1, -0.05) is 123 Å². The van der Waals surface area contributed by atoms with E-state index in [0.717, 1.165) is 25.7 Å². The van der Waals surface area contributed by atoms with Crippen LogP contribution in [0.25, 0.3) is 0 Å². The lowest BCUT2D eigenvalue weighted by molar-refractivity contribution is -0.974. The van der Waals surface area contributed by atoms with Crippen LogP contribution in [0.5, 0.6) is 0 Å². The fourth-order valence-electron chi connectivity index (χ4n) is 6.77. The molecule has 0 bridgehead atoms. The first-order valence-corrected chi connectivity index (χ1v) is 16.9. The summed E-state index contributed by atoms with van der Waals surface area (Å²) in [5.41, 5.74) is 0. The molecule has 2 N–H and O–H groups in total. The average Bonchev–Trinajstić information content (AvgIpc) is 2.92. The zero-order valence-electron chi connectivity index (χ0n) is 26.8. The molecule has 0 spiro atoms. The number of rotatable bonds is 30. The topological polar surface area (TPSA) is 115 Å². The summed E-state index contributed by atoms with van der Waals surface area (Å²) in [5.74, 6) is -3.65. The van der Waals surface area contributed by atoms with Crippen LogP contribution in [0.4, 0.5) is 0 Å². The summed E-state index contributed by atoms with van der Waals surface area (Å²) in [6.07, 6.45) is 25.6. The summed E-state index contributed by atoms with van der Waals surface area (Å²) in [4.78, 5) is 36.7. The SMILES string of the molecule is C=CCCCCCCCCCCCCCCCCCCCC[N+](C(CC)C(=O)[O-])(C(CC)C(=O)O)C(CC)C(=O)O. The van der Waals surface area contributed by atoms with Gasteiger partial charge >= 0.3 is 11.9 Å². The molecule has 0 saturated carbocycles. The van der Waals surface area contributed by atoms with Crippen molar-refractivity contribution in [1.82, 2.24) is 0 Å². The monoisotopic (exact) mass is 581 g/mol. The third kappa shape index (κ3) is 15.2. The largest absolute Gasteiger partial charge is 0.544 e. The highest BCUT2D eigenvalue weighted by Gasteiger charge is 2.53. The Labute approximate surface area is 251 Å². The number of carboxylic acid groups (broad SMARTS) is 3. The number of carboxylic acids is 3. The maximum Gasteiger partial charge on any atom is 0.362 e. The predicted molar refractivity (Wildman–Crippen MR) is 166 cm³/mol. The fraction of sp³-hybridized carbons (Fsp3) is 0.853. The van der Waals surface area contributed by atoms with Crippen LogP contribution in [0.3, 0.4) is 0 Å². The summed E-state index contributed by atoms with van der Waals surface area (Å²) in [7, 11) is 0. The van der Waals surface area contributed by atoms with Gasteiger partial charge in [0.1, 0.15) is 6.04 Å². The Morgan fingerprint density at radius 1 is 0.585 bits per heavy atom. The molecule has 0 aromatic carbocycles. The Morgan fingerprint density at radius 2 is 0.878 bits per heavy atom. The third-order valence-electron chi connectivity index (χ3n) is 8.95. The highest BCUT2D eigenvalue weighted by atomic mass is 16.4. The first kappa shape index (κ1) is 39.1. The molecule has 7 heteroatoms. The van der Waals surface area contributed by atoms with Gasteiger partial charge in [-0.3, -0.25) is 4.48 Å². The van der Waals surface area contributed by atoms with Crippen LogP contribution < -0.4 is 5.11 Å².